The fourth-order valence-electron chi connectivity index (χ4n) is 2.86. The Morgan fingerprint density at radius 3 is 2.72 bits per heavy atom. The summed E-state index contributed by atoms with van der Waals surface area (Å²) >= 11 is 0. The number of imidazole rings is 1. The van der Waals surface area contributed by atoms with Crippen LogP contribution < -0.4 is 5.32 Å². The van der Waals surface area contributed by atoms with E-state index in [0.717, 1.165) is 22.5 Å². The van der Waals surface area contributed by atoms with Gasteiger partial charge in [0, 0.05) is 24.1 Å². The number of fused-ring (bicyclic) bond motifs is 1. The monoisotopic (exact) mass is 331 g/mol. The Kier molecular flexibility index (Phi) is 3.78. The number of nitrogens with one attached hydrogen (secondary N) is 1. The van der Waals surface area contributed by atoms with Gasteiger partial charge < -0.3 is 9.88 Å². The number of para-hydroxylation sites is 1. The van der Waals surface area contributed by atoms with Crippen molar-refractivity contribution in [3.05, 3.63) is 73.1 Å². The molecule has 0 radical (unpaired) electrons. The molecule has 0 aliphatic heterocycles. The molecular formula is C19H17N5O. The van der Waals surface area contributed by atoms with E-state index in [0.29, 0.717) is 5.69 Å². The number of aryl methyl sites for hydroxylation is 1. The zero-order valence-electron chi connectivity index (χ0n) is 13.8. The Bertz CT molecular complexity index is 1030. The van der Waals surface area contributed by atoms with Crippen LogP contribution in [0.5, 0.6) is 0 Å². The highest BCUT2D eigenvalue weighted by Gasteiger charge is 2.07. The number of nitrogens with zero attached hydrogens (tertiary/aromatic N) is 4. The average Bonchev–Trinajstić information content (AvgIpc) is 3.22. The van der Waals surface area contributed by atoms with Crippen LogP contribution in [0.2, 0.25) is 0 Å². The summed E-state index contributed by atoms with van der Waals surface area (Å²) < 4.78 is 3.82. The summed E-state index contributed by atoms with van der Waals surface area (Å²) in [7, 11) is 0. The van der Waals surface area contributed by atoms with E-state index in [1.165, 1.54) is 0 Å². The lowest BCUT2D eigenvalue weighted by Crippen LogP contribution is -2.18. The Balaban J connectivity index is 1.47. The predicted molar refractivity (Wildman–Crippen MR) is 96.7 cm³/mol. The molecule has 0 atom stereocenters. The van der Waals surface area contributed by atoms with Crippen LogP contribution >= 0.6 is 0 Å². The van der Waals surface area contributed by atoms with Gasteiger partial charge in [0.2, 0.25) is 5.91 Å². The summed E-state index contributed by atoms with van der Waals surface area (Å²) in [6, 6.07) is 13.7. The quantitative estimate of drug-likeness (QED) is 0.625. The van der Waals surface area contributed by atoms with Crippen LogP contribution in [0.15, 0.2) is 67.3 Å². The van der Waals surface area contributed by atoms with Gasteiger partial charge in [-0.2, -0.15) is 0 Å². The summed E-state index contributed by atoms with van der Waals surface area (Å²) in [5, 5.41) is 4.01. The third-order valence-corrected chi connectivity index (χ3v) is 4.10. The van der Waals surface area contributed by atoms with E-state index in [1.807, 2.05) is 70.9 Å². The Labute approximate surface area is 144 Å². The zero-order valence-corrected chi connectivity index (χ0v) is 13.8. The van der Waals surface area contributed by atoms with Crippen molar-refractivity contribution in [1.82, 2.24) is 19.1 Å². The highest BCUT2D eigenvalue weighted by Crippen LogP contribution is 2.16. The molecule has 6 nitrogen and oxygen atoms in total. The van der Waals surface area contributed by atoms with Gasteiger partial charge in [-0.25, -0.2) is 9.97 Å². The van der Waals surface area contributed by atoms with E-state index in [4.69, 9.17) is 0 Å². The second-order valence-electron chi connectivity index (χ2n) is 5.80. The number of benzene rings is 1. The second-order valence-corrected chi connectivity index (χ2v) is 5.80. The molecule has 0 bridgehead atoms. The Morgan fingerprint density at radius 1 is 1.08 bits per heavy atom. The van der Waals surface area contributed by atoms with Crippen LogP contribution in [0.25, 0.3) is 16.7 Å². The number of carbonyl (C=O) groups excluding carboxylic acids is 1. The third kappa shape index (κ3) is 3.01. The smallest absolute Gasteiger partial charge is 0.244 e. The number of anilines is 1. The molecule has 1 aromatic carbocycles. The third-order valence-electron chi connectivity index (χ3n) is 4.10. The van der Waals surface area contributed by atoms with E-state index in [-0.39, 0.29) is 12.5 Å². The molecule has 124 valence electrons. The Hall–Kier alpha value is -3.41. The van der Waals surface area contributed by atoms with E-state index in [9.17, 15) is 4.79 Å². The van der Waals surface area contributed by atoms with Crippen LogP contribution in [-0.2, 0) is 11.3 Å². The highest BCUT2D eigenvalue weighted by atomic mass is 16.1. The SMILES string of the molecule is Cc1nccn1-c1ccc(NC(=O)Cn2ccc3ccccc32)cn1. The minimum Gasteiger partial charge on any atom is -0.338 e. The number of amides is 1. The average molecular weight is 331 g/mol. The van der Waals surface area contributed by atoms with Gasteiger partial charge in [-0.15, -0.1) is 0 Å². The first-order chi connectivity index (χ1) is 12.2. The number of aromatic nitrogens is 4. The van der Waals surface area contributed by atoms with Crippen LogP contribution in [0.3, 0.4) is 0 Å². The zero-order chi connectivity index (χ0) is 17.2. The van der Waals surface area contributed by atoms with Gasteiger partial charge in [0.05, 0.1) is 11.9 Å². The lowest BCUT2D eigenvalue weighted by molar-refractivity contribution is -0.116. The van der Waals surface area contributed by atoms with Gasteiger partial charge in [-0.3, -0.25) is 9.36 Å². The number of carbonyl (C=O) groups is 1. The first kappa shape index (κ1) is 15.1. The van der Waals surface area contributed by atoms with E-state index < -0.39 is 0 Å². The molecule has 0 spiro atoms. The molecule has 0 saturated heterocycles. The molecule has 3 aromatic heterocycles. The topological polar surface area (TPSA) is 64.7 Å². The second kappa shape index (κ2) is 6.24. The summed E-state index contributed by atoms with van der Waals surface area (Å²) in [6.45, 7) is 2.18. The largest absolute Gasteiger partial charge is 0.338 e. The van der Waals surface area contributed by atoms with Crippen molar-refractivity contribution in [2.24, 2.45) is 0 Å². The van der Waals surface area contributed by atoms with Gasteiger partial charge >= 0.3 is 0 Å². The summed E-state index contributed by atoms with van der Waals surface area (Å²) in [5.74, 6) is 1.54. The first-order valence-electron chi connectivity index (χ1n) is 8.01. The lowest BCUT2D eigenvalue weighted by Gasteiger charge is -2.09. The molecule has 6 heteroatoms. The first-order valence-corrected chi connectivity index (χ1v) is 8.01. The van der Waals surface area contributed by atoms with Crippen molar-refractivity contribution >= 4 is 22.5 Å². The van der Waals surface area contributed by atoms with E-state index in [1.54, 1.807) is 12.4 Å². The molecule has 0 saturated carbocycles. The van der Waals surface area contributed by atoms with Crippen molar-refractivity contribution in [1.29, 1.82) is 0 Å². The summed E-state index contributed by atoms with van der Waals surface area (Å²) in [4.78, 5) is 20.9. The van der Waals surface area contributed by atoms with Crippen molar-refractivity contribution < 1.29 is 4.79 Å². The van der Waals surface area contributed by atoms with Crippen molar-refractivity contribution in [3.63, 3.8) is 0 Å². The van der Waals surface area contributed by atoms with Gasteiger partial charge in [0.15, 0.2) is 0 Å². The number of pyridine rings is 1. The van der Waals surface area contributed by atoms with E-state index in [2.05, 4.69) is 15.3 Å². The fraction of sp³-hybridized carbons (Fsp3) is 0.105. The van der Waals surface area contributed by atoms with E-state index >= 15 is 0 Å². The number of hydrogen-bond acceptors (Lipinski definition) is 3. The lowest BCUT2D eigenvalue weighted by atomic mass is 10.2. The summed E-state index contributed by atoms with van der Waals surface area (Å²) in [6.07, 6.45) is 7.16. The molecule has 3 heterocycles. The van der Waals surface area contributed by atoms with Gasteiger partial charge in [-0.1, -0.05) is 18.2 Å². The predicted octanol–water partition coefficient (Wildman–Crippen LogP) is 3.17. The maximum absolute atomic E-state index is 12.3. The maximum atomic E-state index is 12.3. The molecule has 0 fully saturated rings. The molecule has 4 rings (SSSR count). The highest BCUT2D eigenvalue weighted by molar-refractivity contribution is 5.91. The number of hydrogen-bond donors (Lipinski definition) is 1. The molecular weight excluding hydrogens is 314 g/mol. The minimum absolute atomic E-state index is 0.0882. The van der Waals surface area contributed by atoms with Gasteiger partial charge in [0.1, 0.15) is 18.2 Å². The van der Waals surface area contributed by atoms with Crippen LogP contribution in [-0.4, -0.2) is 25.0 Å². The maximum Gasteiger partial charge on any atom is 0.244 e. The number of rotatable bonds is 4. The fourth-order valence-corrected chi connectivity index (χ4v) is 2.86. The molecule has 0 aliphatic rings. The van der Waals surface area contributed by atoms with Crippen molar-refractivity contribution in [3.8, 4) is 5.82 Å². The van der Waals surface area contributed by atoms with Gasteiger partial charge in [-0.05, 0) is 36.6 Å². The molecule has 1 N–H and O–H groups in total. The molecule has 0 aliphatic carbocycles. The standard InChI is InChI=1S/C19H17N5O/c1-14-20-9-11-24(14)18-7-6-16(12-21-18)22-19(25)13-23-10-8-15-4-2-3-5-17(15)23/h2-12H,13H2,1H3,(H,22,25). The molecule has 25 heavy (non-hydrogen) atoms. The van der Waals surface area contributed by atoms with Crippen LogP contribution in [0, 0.1) is 6.92 Å². The van der Waals surface area contributed by atoms with Crippen LogP contribution in [0.4, 0.5) is 5.69 Å². The minimum atomic E-state index is -0.0882. The molecule has 1 amide bonds. The Morgan fingerprint density at radius 2 is 1.96 bits per heavy atom. The van der Waals surface area contributed by atoms with Crippen molar-refractivity contribution in [2.75, 3.05) is 5.32 Å². The molecule has 4 aromatic rings. The van der Waals surface area contributed by atoms with Crippen LogP contribution in [0.1, 0.15) is 5.82 Å². The van der Waals surface area contributed by atoms with Gasteiger partial charge in [0.25, 0.3) is 0 Å². The van der Waals surface area contributed by atoms with Crippen molar-refractivity contribution in [2.45, 2.75) is 13.5 Å². The summed E-state index contributed by atoms with van der Waals surface area (Å²) in [5.41, 5.74) is 1.71. The molecule has 0 unspecified atom stereocenters. The normalized spacial score (nSPS) is 10.9.